The van der Waals surface area contributed by atoms with Crippen molar-refractivity contribution in [2.45, 2.75) is 6.92 Å². The molecule has 0 aliphatic rings. The van der Waals surface area contributed by atoms with Gasteiger partial charge in [-0.05, 0) is 49.4 Å². The number of carbonyl (C=O) groups excluding carboxylic acids is 1. The second-order valence-electron chi connectivity index (χ2n) is 5.92. The van der Waals surface area contributed by atoms with Crippen molar-refractivity contribution in [2.24, 2.45) is 0 Å². The largest absolute Gasteiger partial charge is 0.492 e. The zero-order chi connectivity index (χ0) is 20.5. The van der Waals surface area contributed by atoms with E-state index in [4.69, 9.17) is 9.47 Å². The first-order valence-electron chi connectivity index (χ1n) is 9.15. The Kier molecular flexibility index (Phi) is 6.94. The van der Waals surface area contributed by atoms with E-state index < -0.39 is 0 Å². The summed E-state index contributed by atoms with van der Waals surface area (Å²) < 4.78 is 23.9. The first-order chi connectivity index (χ1) is 14.2. The van der Waals surface area contributed by atoms with Gasteiger partial charge in [0.2, 0.25) is 5.88 Å². The Morgan fingerprint density at radius 2 is 1.79 bits per heavy atom. The number of halogens is 1. The van der Waals surface area contributed by atoms with Crippen LogP contribution in [0.2, 0.25) is 0 Å². The van der Waals surface area contributed by atoms with E-state index in [1.54, 1.807) is 36.4 Å². The van der Waals surface area contributed by atoms with E-state index in [2.05, 4.69) is 20.8 Å². The highest BCUT2D eigenvalue weighted by Crippen LogP contribution is 2.23. The first kappa shape index (κ1) is 20.1. The van der Waals surface area contributed by atoms with Gasteiger partial charge in [-0.1, -0.05) is 12.1 Å². The van der Waals surface area contributed by atoms with Gasteiger partial charge >= 0.3 is 6.03 Å². The van der Waals surface area contributed by atoms with Crippen molar-refractivity contribution in [2.75, 3.05) is 25.1 Å². The maximum atomic E-state index is 13.0. The van der Waals surface area contributed by atoms with Crippen LogP contribution in [0.25, 0.3) is 11.3 Å². The standard InChI is InChI=1S/C21H21FN4O3/c1-2-28-19-6-4-3-5-18(19)24-21(27)23-13-14-29-20-12-11-17(25-26-20)15-7-9-16(22)10-8-15/h3-12H,2,13-14H2,1H3,(H2,23,24,27). The van der Waals surface area contributed by atoms with Gasteiger partial charge in [0.25, 0.3) is 0 Å². The van der Waals surface area contributed by atoms with E-state index >= 15 is 0 Å². The molecule has 2 N–H and O–H groups in total. The number of rotatable bonds is 8. The summed E-state index contributed by atoms with van der Waals surface area (Å²) in [5.74, 6) is 0.636. The highest BCUT2D eigenvalue weighted by molar-refractivity contribution is 5.90. The van der Waals surface area contributed by atoms with E-state index in [0.717, 1.165) is 5.56 Å². The maximum Gasteiger partial charge on any atom is 0.319 e. The van der Waals surface area contributed by atoms with Crippen LogP contribution in [0.15, 0.2) is 60.7 Å². The predicted octanol–water partition coefficient (Wildman–Crippen LogP) is 3.88. The second-order valence-corrected chi connectivity index (χ2v) is 5.92. The molecule has 0 aliphatic carbocycles. The average molecular weight is 396 g/mol. The number of amides is 2. The number of hydrogen-bond donors (Lipinski definition) is 2. The minimum Gasteiger partial charge on any atom is -0.492 e. The number of anilines is 1. The lowest BCUT2D eigenvalue weighted by Gasteiger charge is -2.12. The molecule has 0 fully saturated rings. The number of nitrogens with zero attached hydrogens (tertiary/aromatic N) is 2. The van der Waals surface area contributed by atoms with E-state index in [9.17, 15) is 9.18 Å². The molecule has 0 saturated carbocycles. The molecule has 2 amide bonds. The van der Waals surface area contributed by atoms with E-state index in [1.807, 2.05) is 19.1 Å². The van der Waals surface area contributed by atoms with Gasteiger partial charge in [0, 0.05) is 11.6 Å². The van der Waals surface area contributed by atoms with Crippen molar-refractivity contribution in [1.29, 1.82) is 0 Å². The number of carbonyl (C=O) groups is 1. The number of benzene rings is 2. The molecular formula is C21H21FN4O3. The number of nitrogens with one attached hydrogen (secondary N) is 2. The monoisotopic (exact) mass is 396 g/mol. The third-order valence-corrected chi connectivity index (χ3v) is 3.85. The molecule has 2 aromatic carbocycles. The lowest BCUT2D eigenvalue weighted by atomic mass is 10.1. The zero-order valence-electron chi connectivity index (χ0n) is 15.9. The van der Waals surface area contributed by atoms with Gasteiger partial charge in [0.1, 0.15) is 18.2 Å². The van der Waals surface area contributed by atoms with Crippen LogP contribution in [0.5, 0.6) is 11.6 Å². The molecule has 3 rings (SSSR count). The van der Waals surface area contributed by atoms with Gasteiger partial charge in [-0.2, -0.15) is 0 Å². The highest BCUT2D eigenvalue weighted by Gasteiger charge is 2.07. The molecule has 0 aliphatic heterocycles. The molecule has 3 aromatic rings. The molecule has 1 heterocycles. The molecule has 7 nitrogen and oxygen atoms in total. The number of ether oxygens (including phenoxy) is 2. The Balaban J connectivity index is 1.43. The smallest absolute Gasteiger partial charge is 0.319 e. The summed E-state index contributed by atoms with van der Waals surface area (Å²) in [6.45, 7) is 2.90. The molecule has 0 saturated heterocycles. The molecule has 150 valence electrons. The Labute approximate surface area is 167 Å². The summed E-state index contributed by atoms with van der Waals surface area (Å²) in [4.78, 5) is 12.0. The van der Waals surface area contributed by atoms with Crippen LogP contribution in [0.1, 0.15) is 6.92 Å². The summed E-state index contributed by atoms with van der Waals surface area (Å²) in [6.07, 6.45) is 0. The minimum atomic E-state index is -0.363. The topological polar surface area (TPSA) is 85.4 Å². The van der Waals surface area contributed by atoms with Gasteiger partial charge in [0.05, 0.1) is 24.5 Å². The van der Waals surface area contributed by atoms with Gasteiger partial charge < -0.3 is 20.1 Å². The highest BCUT2D eigenvalue weighted by atomic mass is 19.1. The van der Waals surface area contributed by atoms with Gasteiger partial charge in [-0.15, -0.1) is 10.2 Å². The fourth-order valence-corrected chi connectivity index (χ4v) is 2.51. The number of aromatic nitrogens is 2. The Morgan fingerprint density at radius 3 is 2.52 bits per heavy atom. The van der Waals surface area contributed by atoms with Crippen molar-refractivity contribution < 1.29 is 18.7 Å². The molecule has 0 atom stereocenters. The van der Waals surface area contributed by atoms with Crippen LogP contribution < -0.4 is 20.1 Å². The second kappa shape index (κ2) is 10.0. The Bertz CT molecular complexity index is 933. The zero-order valence-corrected chi connectivity index (χ0v) is 15.9. The Morgan fingerprint density at radius 1 is 1.00 bits per heavy atom. The predicted molar refractivity (Wildman–Crippen MR) is 108 cm³/mol. The summed E-state index contributed by atoms with van der Waals surface area (Å²) in [6, 6.07) is 16.2. The fourth-order valence-electron chi connectivity index (χ4n) is 2.51. The van der Waals surface area contributed by atoms with Crippen LogP contribution >= 0.6 is 0 Å². The summed E-state index contributed by atoms with van der Waals surface area (Å²) in [5, 5.41) is 13.5. The average Bonchev–Trinajstić information content (AvgIpc) is 2.74. The SMILES string of the molecule is CCOc1ccccc1NC(=O)NCCOc1ccc(-c2ccc(F)cc2)nn1. The van der Waals surface area contributed by atoms with Crippen molar-refractivity contribution >= 4 is 11.7 Å². The molecule has 0 spiro atoms. The number of urea groups is 1. The van der Waals surface area contributed by atoms with E-state index in [-0.39, 0.29) is 25.0 Å². The lowest BCUT2D eigenvalue weighted by molar-refractivity contribution is 0.246. The number of hydrogen-bond acceptors (Lipinski definition) is 5. The van der Waals surface area contributed by atoms with Crippen molar-refractivity contribution in [1.82, 2.24) is 15.5 Å². The quantitative estimate of drug-likeness (QED) is 0.565. The summed E-state index contributed by atoms with van der Waals surface area (Å²) in [7, 11) is 0. The molecule has 29 heavy (non-hydrogen) atoms. The minimum absolute atomic E-state index is 0.227. The van der Waals surface area contributed by atoms with Gasteiger partial charge in [-0.25, -0.2) is 9.18 Å². The van der Waals surface area contributed by atoms with Crippen molar-refractivity contribution in [3.05, 3.63) is 66.5 Å². The molecule has 0 unspecified atom stereocenters. The maximum absolute atomic E-state index is 13.0. The van der Waals surface area contributed by atoms with E-state index in [1.165, 1.54) is 12.1 Å². The van der Waals surface area contributed by atoms with Crippen LogP contribution in [0.3, 0.4) is 0 Å². The molecule has 0 bridgehead atoms. The molecule has 8 heteroatoms. The summed E-state index contributed by atoms with van der Waals surface area (Å²) >= 11 is 0. The van der Waals surface area contributed by atoms with Crippen LogP contribution in [0, 0.1) is 5.82 Å². The third-order valence-electron chi connectivity index (χ3n) is 3.85. The number of para-hydroxylation sites is 2. The molecule has 0 radical (unpaired) electrons. The third kappa shape index (κ3) is 5.90. The van der Waals surface area contributed by atoms with Crippen molar-refractivity contribution in [3.8, 4) is 22.9 Å². The van der Waals surface area contributed by atoms with Gasteiger partial charge in [0.15, 0.2) is 0 Å². The normalized spacial score (nSPS) is 10.3. The van der Waals surface area contributed by atoms with Crippen molar-refractivity contribution in [3.63, 3.8) is 0 Å². The molecule has 1 aromatic heterocycles. The van der Waals surface area contributed by atoms with E-state index in [0.29, 0.717) is 29.6 Å². The molecular weight excluding hydrogens is 375 g/mol. The first-order valence-corrected chi connectivity index (χ1v) is 9.15. The van der Waals surface area contributed by atoms with Crippen LogP contribution in [0.4, 0.5) is 14.9 Å². The fraction of sp³-hybridized carbons (Fsp3) is 0.190. The van der Waals surface area contributed by atoms with Crippen LogP contribution in [-0.2, 0) is 0 Å². The summed E-state index contributed by atoms with van der Waals surface area (Å²) in [5.41, 5.74) is 1.97. The lowest BCUT2D eigenvalue weighted by Crippen LogP contribution is -2.32. The van der Waals surface area contributed by atoms with Crippen LogP contribution in [-0.4, -0.2) is 36.0 Å². The Hall–Kier alpha value is -3.68. The van der Waals surface area contributed by atoms with Gasteiger partial charge in [-0.3, -0.25) is 0 Å².